The van der Waals surface area contributed by atoms with Crippen molar-refractivity contribution >= 4 is 11.9 Å². The standard InChI is InChI=1S/C39H66O5/c1-5-6-7-8-9-10-11-12-13-14-15-16-17-37(43)44-30-24-25-38(3)29(26-30)19-20-31-33-22-21-32(28(2)18-23-36(41)42)39(33,4)35(40)27-34(31)38/h9-10,28-35,40H,5-8,11-27H2,1-4H3,(H,41,42)/b10-9-. The molecule has 10 unspecified atom stereocenters. The molecule has 0 aromatic heterocycles. The highest BCUT2D eigenvalue weighted by Gasteiger charge is 2.63. The Hall–Kier alpha value is -1.36. The minimum atomic E-state index is -0.712. The molecular formula is C39H66O5. The first kappa shape index (κ1) is 35.5. The third-order valence-electron chi connectivity index (χ3n) is 13.5. The number of allylic oxidation sites excluding steroid dienone is 2. The minimum Gasteiger partial charge on any atom is -0.481 e. The summed E-state index contributed by atoms with van der Waals surface area (Å²) in [6.07, 6.45) is 26.7. The lowest BCUT2D eigenvalue weighted by molar-refractivity contribution is -0.181. The van der Waals surface area contributed by atoms with Crippen LogP contribution in [0.4, 0.5) is 0 Å². The summed E-state index contributed by atoms with van der Waals surface area (Å²) in [5.74, 6) is 2.32. The number of hydrogen-bond donors (Lipinski definition) is 2. The van der Waals surface area contributed by atoms with Crippen molar-refractivity contribution in [2.75, 3.05) is 0 Å². The van der Waals surface area contributed by atoms with Gasteiger partial charge in [-0.2, -0.15) is 0 Å². The van der Waals surface area contributed by atoms with Gasteiger partial charge in [0.15, 0.2) is 0 Å². The molecule has 0 aromatic rings. The maximum atomic E-state index is 12.7. The molecule has 252 valence electrons. The number of esters is 1. The predicted molar refractivity (Wildman–Crippen MR) is 178 cm³/mol. The number of aliphatic hydroxyl groups is 1. The molecule has 0 saturated heterocycles. The van der Waals surface area contributed by atoms with Gasteiger partial charge in [0.05, 0.1) is 6.10 Å². The Morgan fingerprint density at radius 1 is 0.864 bits per heavy atom. The number of hydrogen-bond acceptors (Lipinski definition) is 4. The lowest BCUT2D eigenvalue weighted by Crippen LogP contribution is -2.59. The van der Waals surface area contributed by atoms with Gasteiger partial charge in [0.25, 0.3) is 0 Å². The summed E-state index contributed by atoms with van der Waals surface area (Å²) < 4.78 is 6.07. The Morgan fingerprint density at radius 3 is 2.30 bits per heavy atom. The van der Waals surface area contributed by atoms with Crippen LogP contribution in [0.3, 0.4) is 0 Å². The van der Waals surface area contributed by atoms with Gasteiger partial charge in [-0.1, -0.05) is 72.0 Å². The van der Waals surface area contributed by atoms with Gasteiger partial charge in [0, 0.05) is 12.8 Å². The SMILES string of the molecule is CCCCC/C=C\CCCCCCCC(=O)OC1CCC2(C)C(CCC3C2CC(O)C2(C)C(C(C)CCC(=O)O)CCC32)C1. The first-order chi connectivity index (χ1) is 21.1. The summed E-state index contributed by atoms with van der Waals surface area (Å²) >= 11 is 0. The van der Waals surface area contributed by atoms with Crippen LogP contribution in [-0.4, -0.2) is 34.4 Å². The second-order valence-corrected chi connectivity index (χ2v) is 16.0. The van der Waals surface area contributed by atoms with Crippen LogP contribution in [0.1, 0.15) is 163 Å². The fourth-order valence-corrected chi connectivity index (χ4v) is 10.9. The van der Waals surface area contributed by atoms with E-state index in [1.807, 2.05) is 0 Å². The molecule has 0 bridgehead atoms. The number of carboxylic acids is 1. The fraction of sp³-hybridized carbons (Fsp3) is 0.897. The largest absolute Gasteiger partial charge is 0.481 e. The highest BCUT2D eigenvalue weighted by Crippen LogP contribution is 2.68. The molecule has 0 heterocycles. The molecule has 4 aliphatic rings. The number of rotatable bonds is 17. The van der Waals surface area contributed by atoms with E-state index in [1.165, 1.54) is 70.6 Å². The van der Waals surface area contributed by atoms with Crippen molar-refractivity contribution in [3.05, 3.63) is 12.2 Å². The summed E-state index contributed by atoms with van der Waals surface area (Å²) in [4.78, 5) is 24.0. The molecular weight excluding hydrogens is 548 g/mol. The average Bonchev–Trinajstić information content (AvgIpc) is 3.36. The summed E-state index contributed by atoms with van der Waals surface area (Å²) in [7, 11) is 0. The van der Waals surface area contributed by atoms with Gasteiger partial charge < -0.3 is 14.9 Å². The average molecular weight is 615 g/mol. The van der Waals surface area contributed by atoms with Gasteiger partial charge in [-0.3, -0.25) is 9.59 Å². The zero-order chi connectivity index (χ0) is 31.7. The highest BCUT2D eigenvalue weighted by molar-refractivity contribution is 5.69. The van der Waals surface area contributed by atoms with Crippen molar-refractivity contribution in [3.8, 4) is 0 Å². The number of aliphatic carboxylic acids is 1. The second-order valence-electron chi connectivity index (χ2n) is 16.0. The van der Waals surface area contributed by atoms with Crippen LogP contribution in [-0.2, 0) is 14.3 Å². The van der Waals surface area contributed by atoms with E-state index >= 15 is 0 Å². The first-order valence-corrected chi connectivity index (χ1v) is 18.9. The molecule has 5 heteroatoms. The van der Waals surface area contributed by atoms with Crippen LogP contribution in [0.2, 0.25) is 0 Å². The van der Waals surface area contributed by atoms with Crippen molar-refractivity contribution in [1.29, 1.82) is 0 Å². The lowest BCUT2D eigenvalue weighted by atomic mass is 9.43. The zero-order valence-electron chi connectivity index (χ0n) is 28.7. The van der Waals surface area contributed by atoms with Crippen LogP contribution in [0.25, 0.3) is 0 Å². The van der Waals surface area contributed by atoms with Crippen LogP contribution < -0.4 is 0 Å². The smallest absolute Gasteiger partial charge is 0.306 e. The fourth-order valence-electron chi connectivity index (χ4n) is 10.9. The van der Waals surface area contributed by atoms with Crippen LogP contribution in [0.5, 0.6) is 0 Å². The molecule has 0 amide bonds. The van der Waals surface area contributed by atoms with Crippen LogP contribution >= 0.6 is 0 Å². The Morgan fingerprint density at radius 2 is 1.57 bits per heavy atom. The van der Waals surface area contributed by atoms with E-state index in [4.69, 9.17) is 4.74 Å². The van der Waals surface area contributed by atoms with Crippen LogP contribution in [0.15, 0.2) is 12.2 Å². The van der Waals surface area contributed by atoms with Crippen molar-refractivity contribution in [2.24, 2.45) is 46.3 Å². The van der Waals surface area contributed by atoms with Gasteiger partial charge >= 0.3 is 11.9 Å². The van der Waals surface area contributed by atoms with Crippen molar-refractivity contribution in [2.45, 2.75) is 175 Å². The quantitative estimate of drug-likeness (QED) is 0.0968. The van der Waals surface area contributed by atoms with E-state index in [0.29, 0.717) is 48.3 Å². The van der Waals surface area contributed by atoms with Gasteiger partial charge in [-0.05, 0) is 136 Å². The number of ether oxygens (including phenoxy) is 1. The van der Waals surface area contributed by atoms with Crippen molar-refractivity contribution < 1.29 is 24.5 Å². The molecule has 44 heavy (non-hydrogen) atoms. The van der Waals surface area contributed by atoms with Gasteiger partial charge in [0.2, 0.25) is 0 Å². The molecule has 2 N–H and O–H groups in total. The molecule has 4 fully saturated rings. The van der Waals surface area contributed by atoms with E-state index < -0.39 is 5.97 Å². The lowest BCUT2D eigenvalue weighted by Gasteiger charge is -2.62. The maximum Gasteiger partial charge on any atom is 0.306 e. The number of carbonyl (C=O) groups excluding carboxylic acids is 1. The molecule has 0 spiro atoms. The van der Waals surface area contributed by atoms with E-state index in [9.17, 15) is 19.8 Å². The monoisotopic (exact) mass is 614 g/mol. The Balaban J connectivity index is 1.19. The molecule has 5 nitrogen and oxygen atoms in total. The van der Waals surface area contributed by atoms with Crippen molar-refractivity contribution in [3.63, 3.8) is 0 Å². The summed E-state index contributed by atoms with van der Waals surface area (Å²) in [5.41, 5.74) is 0.117. The minimum absolute atomic E-state index is 0.000159. The number of unbranched alkanes of at least 4 members (excludes halogenated alkanes) is 8. The van der Waals surface area contributed by atoms with E-state index in [-0.39, 0.29) is 35.4 Å². The van der Waals surface area contributed by atoms with Crippen molar-refractivity contribution in [1.82, 2.24) is 0 Å². The molecule has 4 saturated carbocycles. The number of aliphatic hydroxyl groups excluding tert-OH is 1. The highest BCUT2D eigenvalue weighted by atomic mass is 16.5. The number of carboxylic acid groups (broad SMARTS) is 1. The zero-order valence-corrected chi connectivity index (χ0v) is 28.7. The summed E-state index contributed by atoms with van der Waals surface area (Å²) in [5, 5.41) is 21.0. The Labute approximate surface area is 269 Å². The topological polar surface area (TPSA) is 83.8 Å². The third-order valence-corrected chi connectivity index (χ3v) is 13.5. The predicted octanol–water partition coefficient (Wildman–Crippen LogP) is 9.90. The van der Waals surface area contributed by atoms with Gasteiger partial charge in [-0.25, -0.2) is 0 Å². The summed E-state index contributed by atoms with van der Waals surface area (Å²) in [6.45, 7) is 9.30. The maximum absolute atomic E-state index is 12.7. The molecule has 0 aromatic carbocycles. The number of fused-ring (bicyclic) bond motifs is 5. The number of carbonyl (C=O) groups is 2. The van der Waals surface area contributed by atoms with E-state index in [1.54, 1.807) is 0 Å². The molecule has 4 aliphatic carbocycles. The molecule has 4 rings (SSSR count). The van der Waals surface area contributed by atoms with E-state index in [0.717, 1.165) is 44.9 Å². The van der Waals surface area contributed by atoms with Crippen LogP contribution in [0, 0.1) is 46.3 Å². The third kappa shape index (κ3) is 8.31. The molecule has 0 aliphatic heterocycles. The van der Waals surface area contributed by atoms with Gasteiger partial charge in [-0.15, -0.1) is 0 Å². The Kier molecular flexibility index (Phi) is 13.3. The van der Waals surface area contributed by atoms with E-state index in [2.05, 4.69) is 39.8 Å². The van der Waals surface area contributed by atoms with Gasteiger partial charge in [0.1, 0.15) is 6.10 Å². The first-order valence-electron chi connectivity index (χ1n) is 18.9. The second kappa shape index (κ2) is 16.5. The molecule has 10 atom stereocenters. The molecule has 0 radical (unpaired) electrons. The Bertz CT molecular complexity index is 945. The normalized spacial score (nSPS) is 37.2. The summed E-state index contributed by atoms with van der Waals surface area (Å²) in [6, 6.07) is 0.